The number of H-pyrrole nitrogens is 1. The summed E-state index contributed by atoms with van der Waals surface area (Å²) < 4.78 is 0. The van der Waals surface area contributed by atoms with E-state index >= 15 is 0 Å². The van der Waals surface area contributed by atoms with Crippen molar-refractivity contribution in [3.05, 3.63) is 12.7 Å². The molecule has 2 aromatic rings. The molecule has 2 aromatic heterocycles. The van der Waals surface area contributed by atoms with Crippen LogP contribution < -0.4 is 5.32 Å². The Morgan fingerprint density at radius 2 is 2.29 bits per heavy atom. The number of fused-ring (bicyclic) bond motifs is 1. The van der Waals surface area contributed by atoms with Crippen LogP contribution >= 0.6 is 0 Å². The Balaban J connectivity index is 1.62. The molecule has 0 unspecified atom stereocenters. The van der Waals surface area contributed by atoms with Gasteiger partial charge in [-0.3, -0.25) is 0 Å². The highest BCUT2D eigenvalue weighted by molar-refractivity contribution is 5.81. The monoisotopic (exact) mass is 232 g/mol. The predicted molar refractivity (Wildman–Crippen MR) is 65.8 cm³/mol. The Labute approximate surface area is 99.5 Å². The molecule has 2 heterocycles. The summed E-state index contributed by atoms with van der Waals surface area (Å²) in [6, 6.07) is 0.800. The van der Waals surface area contributed by atoms with E-state index in [1.54, 1.807) is 6.33 Å². The van der Waals surface area contributed by atoms with Gasteiger partial charge in [0.2, 0.25) is 0 Å². The Hall–Kier alpha value is -1.69. The van der Waals surface area contributed by atoms with Gasteiger partial charge in [-0.25, -0.2) is 15.0 Å². The molecule has 0 bridgehead atoms. The summed E-state index contributed by atoms with van der Waals surface area (Å²) in [7, 11) is 2.17. The summed E-state index contributed by atoms with van der Waals surface area (Å²) in [6.07, 6.45) is 5.86. The average molecular weight is 232 g/mol. The van der Waals surface area contributed by atoms with Gasteiger partial charge in [-0.05, 0) is 19.9 Å². The van der Waals surface area contributed by atoms with Crippen LogP contribution in [-0.4, -0.2) is 51.0 Å². The van der Waals surface area contributed by atoms with Crippen LogP contribution in [0.3, 0.4) is 0 Å². The molecule has 1 saturated carbocycles. The zero-order chi connectivity index (χ0) is 11.7. The molecule has 2 N–H and O–H groups in total. The number of imidazole rings is 1. The SMILES string of the molecule is CN(CCNc1ncnc2nc[nH]c12)C1CC1. The van der Waals surface area contributed by atoms with E-state index in [-0.39, 0.29) is 0 Å². The molecule has 0 aromatic carbocycles. The van der Waals surface area contributed by atoms with Gasteiger partial charge in [0.05, 0.1) is 6.33 Å². The Morgan fingerprint density at radius 3 is 3.12 bits per heavy atom. The molecule has 17 heavy (non-hydrogen) atoms. The number of aromatic amines is 1. The van der Waals surface area contributed by atoms with Crippen LogP contribution in [-0.2, 0) is 0 Å². The number of nitrogens with one attached hydrogen (secondary N) is 2. The van der Waals surface area contributed by atoms with Crippen LogP contribution in [0.4, 0.5) is 5.82 Å². The maximum Gasteiger partial charge on any atom is 0.182 e. The second-order valence-electron chi connectivity index (χ2n) is 4.46. The van der Waals surface area contributed by atoms with Crippen molar-refractivity contribution < 1.29 is 0 Å². The first-order chi connectivity index (χ1) is 8.34. The zero-order valence-electron chi connectivity index (χ0n) is 9.85. The summed E-state index contributed by atoms with van der Waals surface area (Å²) >= 11 is 0. The van der Waals surface area contributed by atoms with E-state index in [2.05, 4.69) is 37.2 Å². The lowest BCUT2D eigenvalue weighted by Gasteiger charge is -2.15. The number of rotatable bonds is 5. The van der Waals surface area contributed by atoms with Gasteiger partial charge in [0.25, 0.3) is 0 Å². The molecule has 1 fully saturated rings. The third-order valence-corrected chi connectivity index (χ3v) is 3.15. The highest BCUT2D eigenvalue weighted by Crippen LogP contribution is 2.24. The second-order valence-corrected chi connectivity index (χ2v) is 4.46. The molecule has 1 aliphatic rings. The van der Waals surface area contributed by atoms with Gasteiger partial charge in [0.15, 0.2) is 11.5 Å². The standard InChI is InChI=1S/C11H16N6/c1-17(8-2-3-8)5-4-12-10-9-11(14-6-13-9)16-7-15-10/h6-8H,2-5H2,1H3,(H2,12,13,14,15,16). The van der Waals surface area contributed by atoms with E-state index in [1.807, 2.05) is 0 Å². The molecule has 0 radical (unpaired) electrons. The Morgan fingerprint density at radius 1 is 1.41 bits per heavy atom. The van der Waals surface area contributed by atoms with Gasteiger partial charge in [-0.2, -0.15) is 0 Å². The molecular weight excluding hydrogens is 216 g/mol. The summed E-state index contributed by atoms with van der Waals surface area (Å²) in [4.78, 5) is 17.8. The van der Waals surface area contributed by atoms with Gasteiger partial charge < -0.3 is 15.2 Å². The first-order valence-corrected chi connectivity index (χ1v) is 5.93. The van der Waals surface area contributed by atoms with Crippen LogP contribution in [0.1, 0.15) is 12.8 Å². The van der Waals surface area contributed by atoms with Crippen LogP contribution in [0.15, 0.2) is 12.7 Å². The van der Waals surface area contributed by atoms with Crippen LogP contribution in [0.25, 0.3) is 11.2 Å². The van der Waals surface area contributed by atoms with E-state index < -0.39 is 0 Å². The minimum absolute atomic E-state index is 0.707. The van der Waals surface area contributed by atoms with E-state index in [0.29, 0.717) is 5.65 Å². The molecule has 0 spiro atoms. The fourth-order valence-corrected chi connectivity index (χ4v) is 1.95. The topological polar surface area (TPSA) is 69.7 Å². The van der Waals surface area contributed by atoms with Crippen LogP contribution in [0.2, 0.25) is 0 Å². The van der Waals surface area contributed by atoms with Crippen LogP contribution in [0.5, 0.6) is 0 Å². The van der Waals surface area contributed by atoms with Crippen molar-refractivity contribution in [2.24, 2.45) is 0 Å². The highest BCUT2D eigenvalue weighted by atomic mass is 15.2. The van der Waals surface area contributed by atoms with Gasteiger partial charge in [0, 0.05) is 19.1 Å². The van der Waals surface area contributed by atoms with Crippen molar-refractivity contribution in [3.63, 3.8) is 0 Å². The second kappa shape index (κ2) is 4.29. The number of hydrogen-bond donors (Lipinski definition) is 2. The lowest BCUT2D eigenvalue weighted by atomic mass is 10.4. The third-order valence-electron chi connectivity index (χ3n) is 3.15. The van der Waals surface area contributed by atoms with Crippen molar-refractivity contribution >= 4 is 17.0 Å². The van der Waals surface area contributed by atoms with Gasteiger partial charge in [-0.15, -0.1) is 0 Å². The quantitative estimate of drug-likeness (QED) is 0.800. The van der Waals surface area contributed by atoms with Crippen molar-refractivity contribution in [1.82, 2.24) is 24.8 Å². The average Bonchev–Trinajstić information content (AvgIpc) is 3.07. The first kappa shape index (κ1) is 10.5. The van der Waals surface area contributed by atoms with Gasteiger partial charge in [0.1, 0.15) is 11.8 Å². The van der Waals surface area contributed by atoms with Crippen molar-refractivity contribution in [1.29, 1.82) is 0 Å². The molecule has 3 rings (SSSR count). The van der Waals surface area contributed by atoms with Crippen LogP contribution in [0, 0.1) is 0 Å². The molecule has 0 saturated heterocycles. The lowest BCUT2D eigenvalue weighted by Crippen LogP contribution is -2.27. The number of anilines is 1. The van der Waals surface area contributed by atoms with Gasteiger partial charge in [-0.1, -0.05) is 0 Å². The minimum atomic E-state index is 0.707. The first-order valence-electron chi connectivity index (χ1n) is 5.93. The number of likely N-dealkylation sites (N-methyl/N-ethyl adjacent to an activating group) is 1. The highest BCUT2D eigenvalue weighted by Gasteiger charge is 2.25. The smallest absolute Gasteiger partial charge is 0.182 e. The van der Waals surface area contributed by atoms with E-state index in [0.717, 1.165) is 30.5 Å². The molecule has 90 valence electrons. The third kappa shape index (κ3) is 2.21. The normalized spacial score (nSPS) is 15.6. The van der Waals surface area contributed by atoms with E-state index in [4.69, 9.17) is 0 Å². The number of aromatic nitrogens is 4. The molecule has 6 heteroatoms. The summed E-state index contributed by atoms with van der Waals surface area (Å²) in [5.74, 6) is 0.830. The Bertz CT molecular complexity index is 503. The predicted octanol–water partition coefficient (Wildman–Crippen LogP) is 0.859. The van der Waals surface area contributed by atoms with Crippen molar-refractivity contribution in [2.45, 2.75) is 18.9 Å². The van der Waals surface area contributed by atoms with Crippen molar-refractivity contribution in [2.75, 3.05) is 25.5 Å². The fourth-order valence-electron chi connectivity index (χ4n) is 1.95. The maximum absolute atomic E-state index is 4.22. The lowest BCUT2D eigenvalue weighted by molar-refractivity contribution is 0.337. The minimum Gasteiger partial charge on any atom is -0.367 e. The maximum atomic E-state index is 4.22. The van der Waals surface area contributed by atoms with Crippen molar-refractivity contribution in [3.8, 4) is 0 Å². The molecule has 0 amide bonds. The van der Waals surface area contributed by atoms with E-state index in [1.165, 1.54) is 19.2 Å². The summed E-state index contributed by atoms with van der Waals surface area (Å²) in [5.41, 5.74) is 1.58. The Kier molecular flexibility index (Phi) is 2.64. The molecular formula is C11H16N6. The molecule has 1 aliphatic carbocycles. The molecule has 0 aliphatic heterocycles. The van der Waals surface area contributed by atoms with E-state index in [9.17, 15) is 0 Å². The summed E-state index contributed by atoms with van der Waals surface area (Å²) in [5, 5.41) is 3.32. The molecule has 6 nitrogen and oxygen atoms in total. The van der Waals surface area contributed by atoms with Gasteiger partial charge >= 0.3 is 0 Å². The molecule has 0 atom stereocenters. The zero-order valence-corrected chi connectivity index (χ0v) is 9.85. The fraction of sp³-hybridized carbons (Fsp3) is 0.545. The number of hydrogen-bond acceptors (Lipinski definition) is 5. The largest absolute Gasteiger partial charge is 0.367 e. The number of nitrogens with zero attached hydrogens (tertiary/aromatic N) is 4. The summed E-state index contributed by atoms with van der Waals surface area (Å²) in [6.45, 7) is 1.92.